The van der Waals surface area contributed by atoms with Gasteiger partial charge in [-0.1, -0.05) is 32.0 Å². The average molecular weight is 477 g/mol. The molecule has 2 heterocycles. The second-order valence-electron chi connectivity index (χ2n) is 9.35. The molecule has 184 valence electrons. The number of amides is 1. The number of carboxylic acid groups (broad SMARTS) is 1. The highest BCUT2D eigenvalue weighted by molar-refractivity contribution is 5.81. The molecule has 3 aromatic rings. The van der Waals surface area contributed by atoms with E-state index in [2.05, 4.69) is 15.3 Å². The SMILES string of the molecule is Cc1ccn([C@H](CC(C)C)C(=O)N[C@H](CC(=O)O)c2cncc(-c3c(C)cccc3C)n2)c(=O)c1. The van der Waals surface area contributed by atoms with Crippen LogP contribution < -0.4 is 10.9 Å². The summed E-state index contributed by atoms with van der Waals surface area (Å²) >= 11 is 0. The van der Waals surface area contributed by atoms with Crippen LogP contribution in [-0.4, -0.2) is 31.5 Å². The van der Waals surface area contributed by atoms with E-state index in [-0.39, 0.29) is 17.9 Å². The number of hydrogen-bond donors (Lipinski definition) is 2. The van der Waals surface area contributed by atoms with Crippen LogP contribution >= 0.6 is 0 Å². The van der Waals surface area contributed by atoms with Crippen molar-refractivity contribution < 1.29 is 14.7 Å². The maximum atomic E-state index is 13.4. The quantitative estimate of drug-likeness (QED) is 0.480. The summed E-state index contributed by atoms with van der Waals surface area (Å²) in [6.07, 6.45) is 4.76. The number of nitrogens with one attached hydrogen (secondary N) is 1. The third-order valence-corrected chi connectivity index (χ3v) is 5.88. The number of hydrogen-bond acceptors (Lipinski definition) is 5. The normalized spacial score (nSPS) is 12.9. The highest BCUT2D eigenvalue weighted by Gasteiger charge is 2.28. The molecule has 2 N–H and O–H groups in total. The molecule has 1 aromatic carbocycles. The van der Waals surface area contributed by atoms with E-state index in [1.165, 1.54) is 16.8 Å². The monoisotopic (exact) mass is 476 g/mol. The second kappa shape index (κ2) is 11.1. The molecule has 0 saturated carbocycles. The van der Waals surface area contributed by atoms with Gasteiger partial charge in [0.15, 0.2) is 0 Å². The van der Waals surface area contributed by atoms with Crippen molar-refractivity contribution >= 4 is 11.9 Å². The molecule has 8 heteroatoms. The van der Waals surface area contributed by atoms with E-state index in [1.807, 2.05) is 52.8 Å². The van der Waals surface area contributed by atoms with Crippen molar-refractivity contribution in [2.75, 3.05) is 0 Å². The highest BCUT2D eigenvalue weighted by Crippen LogP contribution is 2.27. The first-order valence-electron chi connectivity index (χ1n) is 11.7. The lowest BCUT2D eigenvalue weighted by Gasteiger charge is -2.24. The van der Waals surface area contributed by atoms with Crippen molar-refractivity contribution in [1.82, 2.24) is 19.9 Å². The van der Waals surface area contributed by atoms with Crippen LogP contribution in [-0.2, 0) is 9.59 Å². The Hall–Kier alpha value is -3.81. The number of carboxylic acids is 1. The molecule has 0 radical (unpaired) electrons. The zero-order valence-electron chi connectivity index (χ0n) is 20.8. The zero-order valence-corrected chi connectivity index (χ0v) is 20.8. The highest BCUT2D eigenvalue weighted by atomic mass is 16.4. The van der Waals surface area contributed by atoms with Gasteiger partial charge in [-0.2, -0.15) is 0 Å². The molecule has 2 aromatic heterocycles. The first kappa shape index (κ1) is 25.8. The topological polar surface area (TPSA) is 114 Å². The van der Waals surface area contributed by atoms with E-state index in [0.717, 1.165) is 22.3 Å². The van der Waals surface area contributed by atoms with E-state index in [4.69, 9.17) is 0 Å². The van der Waals surface area contributed by atoms with E-state index in [9.17, 15) is 19.5 Å². The fourth-order valence-electron chi connectivity index (χ4n) is 4.20. The number of pyridine rings is 1. The smallest absolute Gasteiger partial charge is 0.305 e. The Morgan fingerprint density at radius 2 is 1.77 bits per heavy atom. The van der Waals surface area contributed by atoms with Gasteiger partial charge in [0.1, 0.15) is 6.04 Å². The Morgan fingerprint density at radius 1 is 1.09 bits per heavy atom. The minimum absolute atomic E-state index is 0.129. The first-order valence-corrected chi connectivity index (χ1v) is 11.7. The molecule has 35 heavy (non-hydrogen) atoms. The Morgan fingerprint density at radius 3 is 2.37 bits per heavy atom. The molecule has 0 aliphatic heterocycles. The molecule has 0 fully saturated rings. The fraction of sp³-hybridized carbons (Fsp3) is 0.370. The molecule has 0 saturated heterocycles. The third-order valence-electron chi connectivity index (χ3n) is 5.88. The predicted octanol–water partition coefficient (Wildman–Crippen LogP) is 4.15. The van der Waals surface area contributed by atoms with Crippen molar-refractivity contribution in [2.45, 2.75) is 59.5 Å². The van der Waals surface area contributed by atoms with E-state index < -0.39 is 24.0 Å². The van der Waals surface area contributed by atoms with Crippen molar-refractivity contribution in [3.05, 3.63) is 81.7 Å². The standard InChI is InChI=1S/C27H32N4O4/c1-16(2)11-23(31-10-9-17(3)12-24(31)32)27(35)30-20(13-25(33)34)21-14-28-15-22(29-21)26-18(4)7-6-8-19(26)5/h6-10,12,14-16,20,23H,11,13H2,1-5H3,(H,30,35)(H,33,34)/t20-,23-/m1/s1. The number of aliphatic carboxylic acids is 1. The van der Waals surface area contributed by atoms with Gasteiger partial charge >= 0.3 is 5.97 Å². The van der Waals surface area contributed by atoms with Crippen molar-refractivity contribution in [3.63, 3.8) is 0 Å². The number of carbonyl (C=O) groups excluding carboxylic acids is 1. The van der Waals surface area contributed by atoms with Gasteiger partial charge in [0.25, 0.3) is 5.56 Å². The molecule has 0 aliphatic rings. The van der Waals surface area contributed by atoms with E-state index >= 15 is 0 Å². The third kappa shape index (κ3) is 6.41. The summed E-state index contributed by atoms with van der Waals surface area (Å²) in [6.45, 7) is 9.70. The molecule has 0 aliphatic carbocycles. The van der Waals surface area contributed by atoms with Crippen LogP contribution in [0.4, 0.5) is 0 Å². The molecular formula is C27H32N4O4. The van der Waals surface area contributed by atoms with Crippen LogP contribution in [0.25, 0.3) is 11.3 Å². The van der Waals surface area contributed by atoms with Crippen molar-refractivity contribution in [1.29, 1.82) is 0 Å². The number of carbonyl (C=O) groups is 2. The summed E-state index contributed by atoms with van der Waals surface area (Å²) in [6, 6.07) is 7.47. The zero-order chi connectivity index (χ0) is 25.7. The van der Waals surface area contributed by atoms with Crippen LogP contribution in [0.5, 0.6) is 0 Å². The number of benzene rings is 1. The molecular weight excluding hydrogens is 444 g/mol. The van der Waals surface area contributed by atoms with Gasteiger partial charge in [-0.25, -0.2) is 4.98 Å². The van der Waals surface area contributed by atoms with Gasteiger partial charge in [0.05, 0.1) is 36.2 Å². The van der Waals surface area contributed by atoms with Gasteiger partial charge in [0.2, 0.25) is 5.91 Å². The van der Waals surface area contributed by atoms with E-state index in [0.29, 0.717) is 17.8 Å². The average Bonchev–Trinajstić information content (AvgIpc) is 2.77. The number of nitrogens with zero attached hydrogens (tertiary/aromatic N) is 3. The van der Waals surface area contributed by atoms with Crippen molar-refractivity contribution in [2.24, 2.45) is 5.92 Å². The lowest BCUT2D eigenvalue weighted by atomic mass is 9.99. The molecule has 1 amide bonds. The molecule has 8 nitrogen and oxygen atoms in total. The fourth-order valence-corrected chi connectivity index (χ4v) is 4.20. The summed E-state index contributed by atoms with van der Waals surface area (Å²) in [5.41, 5.74) is 4.44. The maximum absolute atomic E-state index is 13.4. The number of aromatic nitrogens is 3. The summed E-state index contributed by atoms with van der Waals surface area (Å²) in [5, 5.41) is 12.4. The summed E-state index contributed by atoms with van der Waals surface area (Å²) < 4.78 is 1.40. The first-order chi connectivity index (χ1) is 16.6. The van der Waals surface area contributed by atoms with Gasteiger partial charge in [-0.15, -0.1) is 0 Å². The van der Waals surface area contributed by atoms with E-state index in [1.54, 1.807) is 18.5 Å². The molecule has 0 spiro atoms. The molecule has 0 bridgehead atoms. The maximum Gasteiger partial charge on any atom is 0.305 e. The van der Waals surface area contributed by atoms with Gasteiger partial charge in [-0.3, -0.25) is 19.4 Å². The summed E-state index contributed by atoms with van der Waals surface area (Å²) in [7, 11) is 0. The van der Waals surface area contributed by atoms with Gasteiger partial charge in [0, 0.05) is 17.8 Å². The van der Waals surface area contributed by atoms with Crippen LogP contribution in [0.2, 0.25) is 0 Å². The van der Waals surface area contributed by atoms with Crippen LogP contribution in [0.3, 0.4) is 0 Å². The molecule has 0 unspecified atom stereocenters. The Labute approximate surface area is 205 Å². The van der Waals surface area contributed by atoms with Crippen LogP contribution in [0, 0.1) is 26.7 Å². The molecule has 2 atom stereocenters. The van der Waals surface area contributed by atoms with Gasteiger partial charge in [-0.05, 0) is 55.9 Å². The molecule has 3 rings (SSSR count). The lowest BCUT2D eigenvalue weighted by molar-refractivity contribution is -0.138. The largest absolute Gasteiger partial charge is 0.481 e. The number of aryl methyl sites for hydroxylation is 3. The minimum atomic E-state index is -1.08. The lowest BCUT2D eigenvalue weighted by Crippen LogP contribution is -2.40. The second-order valence-corrected chi connectivity index (χ2v) is 9.35. The Balaban J connectivity index is 1.98. The minimum Gasteiger partial charge on any atom is -0.481 e. The summed E-state index contributed by atoms with van der Waals surface area (Å²) in [5.74, 6) is -1.39. The van der Waals surface area contributed by atoms with Crippen molar-refractivity contribution in [3.8, 4) is 11.3 Å². The van der Waals surface area contributed by atoms with Crippen LogP contribution in [0.1, 0.15) is 61.2 Å². The Kier molecular flexibility index (Phi) is 8.17. The Bertz CT molecular complexity index is 1260. The summed E-state index contributed by atoms with van der Waals surface area (Å²) in [4.78, 5) is 46.7. The predicted molar refractivity (Wildman–Crippen MR) is 134 cm³/mol. The van der Waals surface area contributed by atoms with Gasteiger partial charge < -0.3 is 15.0 Å². The number of rotatable bonds is 9. The van der Waals surface area contributed by atoms with Crippen LogP contribution in [0.15, 0.2) is 53.7 Å².